The Kier molecular flexibility index (Phi) is 5.62. The Labute approximate surface area is 187 Å². The molecular formula is C23H26N2O6S. The lowest BCUT2D eigenvalue weighted by atomic mass is 10.0. The molecule has 4 rings (SSSR count). The summed E-state index contributed by atoms with van der Waals surface area (Å²) in [5.74, 6) is 0.447. The predicted molar refractivity (Wildman–Crippen MR) is 117 cm³/mol. The quantitative estimate of drug-likeness (QED) is 0.683. The lowest BCUT2D eigenvalue weighted by molar-refractivity contribution is 0.0732. The lowest BCUT2D eigenvalue weighted by Gasteiger charge is -2.27. The van der Waals surface area contributed by atoms with Gasteiger partial charge in [-0.1, -0.05) is 0 Å². The molecule has 32 heavy (non-hydrogen) atoms. The van der Waals surface area contributed by atoms with E-state index in [1.54, 1.807) is 39.0 Å². The summed E-state index contributed by atoms with van der Waals surface area (Å²) >= 11 is 0. The average molecular weight is 459 g/mol. The van der Waals surface area contributed by atoms with Gasteiger partial charge in [-0.25, -0.2) is 12.7 Å². The minimum Gasteiger partial charge on any atom is -0.497 e. The summed E-state index contributed by atoms with van der Waals surface area (Å²) in [5, 5.41) is 0. The van der Waals surface area contributed by atoms with Crippen molar-refractivity contribution in [2.24, 2.45) is 0 Å². The first-order chi connectivity index (χ1) is 15.2. The van der Waals surface area contributed by atoms with Crippen LogP contribution in [0.1, 0.15) is 59.0 Å². The van der Waals surface area contributed by atoms with Gasteiger partial charge in [-0.2, -0.15) is 0 Å². The van der Waals surface area contributed by atoms with Crippen LogP contribution >= 0.6 is 0 Å². The molecule has 0 unspecified atom stereocenters. The highest BCUT2D eigenvalue weighted by molar-refractivity contribution is 7.90. The van der Waals surface area contributed by atoms with Gasteiger partial charge in [0, 0.05) is 29.8 Å². The smallest absolute Gasteiger partial charge is 0.269 e. The number of amides is 2. The monoisotopic (exact) mass is 458 g/mol. The Bertz CT molecular complexity index is 1190. The molecule has 0 N–H and O–H groups in total. The van der Waals surface area contributed by atoms with Gasteiger partial charge in [-0.15, -0.1) is 0 Å². The van der Waals surface area contributed by atoms with Gasteiger partial charge >= 0.3 is 0 Å². The number of benzene rings is 2. The van der Waals surface area contributed by atoms with Gasteiger partial charge < -0.3 is 14.4 Å². The Morgan fingerprint density at radius 1 is 1.09 bits per heavy atom. The Morgan fingerprint density at radius 2 is 1.84 bits per heavy atom. The summed E-state index contributed by atoms with van der Waals surface area (Å²) in [7, 11) is -0.831. The molecule has 2 aromatic carbocycles. The van der Waals surface area contributed by atoms with Crippen LogP contribution in [0.5, 0.6) is 11.5 Å². The zero-order valence-electron chi connectivity index (χ0n) is 18.5. The van der Waals surface area contributed by atoms with Crippen molar-refractivity contribution in [1.29, 1.82) is 0 Å². The summed E-state index contributed by atoms with van der Waals surface area (Å²) in [4.78, 5) is 27.6. The van der Waals surface area contributed by atoms with E-state index in [2.05, 4.69) is 0 Å². The van der Waals surface area contributed by atoms with Crippen molar-refractivity contribution in [3.05, 3.63) is 53.1 Å². The fourth-order valence-electron chi connectivity index (χ4n) is 4.48. The first-order valence-electron chi connectivity index (χ1n) is 10.5. The van der Waals surface area contributed by atoms with Crippen molar-refractivity contribution in [3.63, 3.8) is 0 Å². The number of carbonyl (C=O) groups is 2. The molecule has 1 fully saturated rings. The largest absolute Gasteiger partial charge is 0.497 e. The van der Waals surface area contributed by atoms with Crippen LogP contribution < -0.4 is 9.47 Å². The van der Waals surface area contributed by atoms with Crippen LogP contribution in [0.2, 0.25) is 0 Å². The van der Waals surface area contributed by atoms with E-state index in [4.69, 9.17) is 9.47 Å². The van der Waals surface area contributed by atoms with Gasteiger partial charge in [-0.3, -0.25) is 9.59 Å². The minimum atomic E-state index is -3.98. The summed E-state index contributed by atoms with van der Waals surface area (Å²) in [6.45, 7) is 3.83. The van der Waals surface area contributed by atoms with Gasteiger partial charge in [0.25, 0.3) is 21.8 Å². The lowest BCUT2D eigenvalue weighted by Crippen LogP contribution is -2.36. The average Bonchev–Trinajstić information content (AvgIpc) is 3.33. The molecule has 9 heteroatoms. The second-order valence-corrected chi connectivity index (χ2v) is 9.96. The van der Waals surface area contributed by atoms with Gasteiger partial charge in [0.1, 0.15) is 16.4 Å². The van der Waals surface area contributed by atoms with E-state index in [1.165, 1.54) is 18.2 Å². The number of likely N-dealkylation sites (tertiary alicyclic amines) is 1. The molecule has 0 bridgehead atoms. The van der Waals surface area contributed by atoms with Crippen LogP contribution in [-0.4, -0.2) is 56.2 Å². The molecule has 2 amide bonds. The second-order valence-electron chi connectivity index (χ2n) is 8.18. The van der Waals surface area contributed by atoms with Crippen molar-refractivity contribution in [1.82, 2.24) is 9.21 Å². The van der Waals surface area contributed by atoms with E-state index in [0.717, 1.165) is 22.7 Å². The van der Waals surface area contributed by atoms with Crippen LogP contribution in [-0.2, 0) is 10.0 Å². The van der Waals surface area contributed by atoms with E-state index in [-0.39, 0.29) is 28.0 Å². The number of hydrogen-bond acceptors (Lipinski definition) is 6. The summed E-state index contributed by atoms with van der Waals surface area (Å²) < 4.78 is 37.5. The molecule has 8 nitrogen and oxygen atoms in total. The number of methoxy groups -OCH3 is 2. The predicted octanol–water partition coefficient (Wildman–Crippen LogP) is 3.23. The van der Waals surface area contributed by atoms with Gasteiger partial charge in [0.05, 0.1) is 25.8 Å². The fourth-order valence-corrected chi connectivity index (χ4v) is 6.28. The van der Waals surface area contributed by atoms with E-state index < -0.39 is 22.0 Å². The number of rotatable bonds is 5. The van der Waals surface area contributed by atoms with E-state index in [9.17, 15) is 18.0 Å². The van der Waals surface area contributed by atoms with Crippen molar-refractivity contribution in [3.8, 4) is 11.5 Å². The normalized spacial score (nSPS) is 19.4. The van der Waals surface area contributed by atoms with Crippen molar-refractivity contribution < 1.29 is 27.5 Å². The maximum Gasteiger partial charge on any atom is 0.269 e. The fraction of sp³-hybridized carbons (Fsp3) is 0.391. The molecule has 0 saturated carbocycles. The number of hydrogen-bond donors (Lipinski definition) is 0. The van der Waals surface area contributed by atoms with Crippen LogP contribution in [0.4, 0.5) is 0 Å². The molecule has 0 aliphatic carbocycles. The summed E-state index contributed by atoms with van der Waals surface area (Å²) in [6.07, 6.45) is 1.58. The molecule has 0 spiro atoms. The van der Waals surface area contributed by atoms with E-state index in [0.29, 0.717) is 18.0 Å². The maximum absolute atomic E-state index is 13.4. The van der Waals surface area contributed by atoms with Crippen LogP contribution in [0.15, 0.2) is 41.3 Å². The highest BCUT2D eigenvalue weighted by Gasteiger charge is 2.43. The molecule has 2 aliphatic rings. The highest BCUT2D eigenvalue weighted by Crippen LogP contribution is 2.40. The second kappa shape index (κ2) is 8.12. The molecule has 170 valence electrons. The number of ether oxygens (including phenoxy) is 2. The third-order valence-electron chi connectivity index (χ3n) is 5.98. The van der Waals surface area contributed by atoms with Gasteiger partial charge in [0.2, 0.25) is 0 Å². The number of sulfonamides is 1. The van der Waals surface area contributed by atoms with Crippen molar-refractivity contribution in [2.45, 2.75) is 43.7 Å². The number of carbonyl (C=O) groups excluding carboxylic acids is 2. The standard InChI is InChI=1S/C23H26N2O6S/c1-14(2)25-23(27)18-9-7-15(12-21(18)32(25,28)29)22(26)24-11-5-6-19(24)17-10-8-16(30-3)13-20(17)31-4/h7-10,12-14,19H,5-6,11H2,1-4H3/t19-/m0/s1. The molecule has 1 atom stereocenters. The van der Waals surface area contributed by atoms with Gasteiger partial charge in [0.15, 0.2) is 0 Å². The Balaban J connectivity index is 1.69. The number of fused-ring (bicyclic) bond motifs is 1. The van der Waals surface area contributed by atoms with Crippen molar-refractivity contribution >= 4 is 21.8 Å². The summed E-state index contributed by atoms with van der Waals surface area (Å²) in [5.41, 5.74) is 1.21. The zero-order valence-corrected chi connectivity index (χ0v) is 19.3. The third-order valence-corrected chi connectivity index (χ3v) is 7.98. The molecule has 2 aromatic rings. The summed E-state index contributed by atoms with van der Waals surface area (Å²) in [6, 6.07) is 9.07. The topological polar surface area (TPSA) is 93.2 Å². The van der Waals surface area contributed by atoms with Gasteiger partial charge in [-0.05, 0) is 57.0 Å². The van der Waals surface area contributed by atoms with E-state index in [1.807, 2.05) is 12.1 Å². The third kappa shape index (κ3) is 3.40. The molecular weight excluding hydrogens is 432 g/mol. The first-order valence-corrected chi connectivity index (χ1v) is 11.9. The van der Waals surface area contributed by atoms with E-state index >= 15 is 0 Å². The van der Waals surface area contributed by atoms with Crippen LogP contribution in [0.25, 0.3) is 0 Å². The van der Waals surface area contributed by atoms with Crippen LogP contribution in [0, 0.1) is 0 Å². The highest BCUT2D eigenvalue weighted by atomic mass is 32.2. The zero-order chi connectivity index (χ0) is 23.2. The molecule has 2 heterocycles. The molecule has 0 aromatic heterocycles. The molecule has 0 radical (unpaired) electrons. The molecule has 2 aliphatic heterocycles. The Hall–Kier alpha value is -3.07. The number of nitrogens with zero attached hydrogens (tertiary/aromatic N) is 2. The Morgan fingerprint density at radius 3 is 2.50 bits per heavy atom. The SMILES string of the molecule is COc1ccc([C@@H]2CCCN2C(=O)c2ccc3c(c2)S(=O)(=O)N(C(C)C)C3=O)c(OC)c1. The van der Waals surface area contributed by atoms with Crippen molar-refractivity contribution in [2.75, 3.05) is 20.8 Å². The maximum atomic E-state index is 13.4. The van der Waals surface area contributed by atoms with Crippen LogP contribution in [0.3, 0.4) is 0 Å². The first kappa shape index (κ1) is 22.1. The minimum absolute atomic E-state index is 0.102. The molecule has 1 saturated heterocycles.